The lowest BCUT2D eigenvalue weighted by atomic mass is 10.2. The summed E-state index contributed by atoms with van der Waals surface area (Å²) in [6, 6.07) is 13.0. The summed E-state index contributed by atoms with van der Waals surface area (Å²) in [6.07, 6.45) is 0. The monoisotopic (exact) mass is 282 g/mol. The summed E-state index contributed by atoms with van der Waals surface area (Å²) < 4.78 is 29.1. The van der Waals surface area contributed by atoms with E-state index in [9.17, 15) is 8.42 Å². The summed E-state index contributed by atoms with van der Waals surface area (Å²) in [6.45, 7) is 1.86. The molecule has 0 aliphatic heterocycles. The minimum Gasteiger partial charge on any atom is -0.379 e. The Hall–Kier alpha value is -1.52. The lowest BCUT2D eigenvalue weighted by Gasteiger charge is -2.08. The Morgan fingerprint density at radius 1 is 1.06 bits per heavy atom. The van der Waals surface area contributed by atoms with Crippen molar-refractivity contribution in [1.29, 1.82) is 0 Å². The van der Waals surface area contributed by atoms with Crippen molar-refractivity contribution in [3.63, 3.8) is 0 Å². The summed E-state index contributed by atoms with van der Waals surface area (Å²) in [4.78, 5) is -0.0341. The predicted octanol–water partition coefficient (Wildman–Crippen LogP) is 3.42. The molecular formula is C13H11ClO3S. The molecular weight excluding hydrogens is 272 g/mol. The second kappa shape index (κ2) is 5.00. The van der Waals surface area contributed by atoms with Crippen molar-refractivity contribution in [3.05, 3.63) is 59.1 Å². The van der Waals surface area contributed by atoms with Crippen LogP contribution in [0.3, 0.4) is 0 Å². The molecule has 0 unspecified atom stereocenters. The Balaban J connectivity index is 2.37. The third-order valence-corrected chi connectivity index (χ3v) is 4.05. The van der Waals surface area contributed by atoms with E-state index in [0.29, 0.717) is 0 Å². The van der Waals surface area contributed by atoms with Gasteiger partial charge in [-0.3, -0.25) is 0 Å². The first kappa shape index (κ1) is 12.9. The van der Waals surface area contributed by atoms with Crippen molar-refractivity contribution < 1.29 is 12.6 Å². The van der Waals surface area contributed by atoms with Crippen LogP contribution in [-0.2, 0) is 10.1 Å². The van der Waals surface area contributed by atoms with Crippen LogP contribution in [0, 0.1) is 6.92 Å². The molecule has 3 nitrogen and oxygen atoms in total. The van der Waals surface area contributed by atoms with Gasteiger partial charge in [-0.2, -0.15) is 8.42 Å². The SMILES string of the molecule is Cc1cccc(OS(=O)(=O)c2ccccc2Cl)c1. The third-order valence-electron chi connectivity index (χ3n) is 2.30. The molecule has 0 aromatic heterocycles. The maximum atomic E-state index is 12.0. The Kier molecular flexibility index (Phi) is 3.59. The Morgan fingerprint density at radius 2 is 1.78 bits per heavy atom. The zero-order valence-corrected chi connectivity index (χ0v) is 11.2. The second-order valence-corrected chi connectivity index (χ2v) is 5.71. The average molecular weight is 283 g/mol. The molecule has 0 N–H and O–H groups in total. The normalized spacial score (nSPS) is 11.2. The largest absolute Gasteiger partial charge is 0.379 e. The summed E-state index contributed by atoms with van der Waals surface area (Å²) in [7, 11) is -3.89. The number of rotatable bonds is 3. The zero-order chi connectivity index (χ0) is 13.2. The molecule has 18 heavy (non-hydrogen) atoms. The van der Waals surface area contributed by atoms with Gasteiger partial charge in [-0.25, -0.2) is 0 Å². The maximum Gasteiger partial charge on any atom is 0.340 e. The number of aryl methyl sites for hydroxylation is 1. The van der Waals surface area contributed by atoms with Crippen LogP contribution in [0.5, 0.6) is 5.75 Å². The molecule has 0 aliphatic carbocycles. The van der Waals surface area contributed by atoms with E-state index >= 15 is 0 Å². The van der Waals surface area contributed by atoms with Gasteiger partial charge in [0, 0.05) is 0 Å². The fourth-order valence-corrected chi connectivity index (χ4v) is 2.90. The van der Waals surface area contributed by atoms with E-state index < -0.39 is 10.1 Å². The molecule has 0 atom stereocenters. The molecule has 2 rings (SSSR count). The van der Waals surface area contributed by atoms with E-state index in [-0.39, 0.29) is 15.7 Å². The molecule has 0 heterocycles. The van der Waals surface area contributed by atoms with Gasteiger partial charge < -0.3 is 4.18 Å². The highest BCUT2D eigenvalue weighted by atomic mass is 35.5. The van der Waals surface area contributed by atoms with Gasteiger partial charge in [0.15, 0.2) is 0 Å². The minimum atomic E-state index is -3.89. The van der Waals surface area contributed by atoms with E-state index in [4.69, 9.17) is 15.8 Å². The van der Waals surface area contributed by atoms with Crippen molar-refractivity contribution in [2.75, 3.05) is 0 Å². The molecule has 0 aliphatic rings. The summed E-state index contributed by atoms with van der Waals surface area (Å²) in [5.41, 5.74) is 0.918. The molecule has 2 aromatic rings. The molecule has 2 aromatic carbocycles. The third kappa shape index (κ3) is 2.83. The van der Waals surface area contributed by atoms with Gasteiger partial charge in [0.1, 0.15) is 10.6 Å². The number of benzene rings is 2. The van der Waals surface area contributed by atoms with Crippen LogP contribution in [0.2, 0.25) is 5.02 Å². The molecule has 0 spiro atoms. The number of hydrogen-bond acceptors (Lipinski definition) is 3. The van der Waals surface area contributed by atoms with Crippen LogP contribution in [-0.4, -0.2) is 8.42 Å². The van der Waals surface area contributed by atoms with E-state index in [0.717, 1.165) is 5.56 Å². The van der Waals surface area contributed by atoms with Crippen molar-refractivity contribution >= 4 is 21.7 Å². The second-order valence-electron chi connectivity index (χ2n) is 3.78. The average Bonchev–Trinajstić information content (AvgIpc) is 2.28. The Morgan fingerprint density at radius 3 is 2.44 bits per heavy atom. The molecule has 94 valence electrons. The molecule has 0 saturated carbocycles. The van der Waals surface area contributed by atoms with E-state index in [1.165, 1.54) is 12.1 Å². The van der Waals surface area contributed by atoms with Crippen LogP contribution in [0.15, 0.2) is 53.4 Å². The molecule has 0 saturated heterocycles. The lowest BCUT2D eigenvalue weighted by molar-refractivity contribution is 0.486. The van der Waals surface area contributed by atoms with Crippen LogP contribution in [0.25, 0.3) is 0 Å². The molecule has 0 radical (unpaired) electrons. The molecule has 0 bridgehead atoms. The van der Waals surface area contributed by atoms with Crippen LogP contribution < -0.4 is 4.18 Å². The van der Waals surface area contributed by atoms with Crippen LogP contribution in [0.4, 0.5) is 0 Å². The van der Waals surface area contributed by atoms with Gasteiger partial charge >= 0.3 is 10.1 Å². The highest BCUT2D eigenvalue weighted by Crippen LogP contribution is 2.24. The molecule has 0 amide bonds. The number of halogens is 1. The standard InChI is InChI=1S/C13H11ClO3S/c1-10-5-4-6-11(9-10)17-18(15,16)13-8-3-2-7-12(13)14/h2-9H,1H3. The topological polar surface area (TPSA) is 43.4 Å². The molecule has 0 fully saturated rings. The van der Waals surface area contributed by atoms with Gasteiger partial charge in [-0.1, -0.05) is 35.9 Å². The van der Waals surface area contributed by atoms with Crippen molar-refractivity contribution in [3.8, 4) is 5.75 Å². The van der Waals surface area contributed by atoms with E-state index in [2.05, 4.69) is 0 Å². The Labute approximate surface area is 111 Å². The highest BCUT2D eigenvalue weighted by molar-refractivity contribution is 7.87. The first-order valence-electron chi connectivity index (χ1n) is 5.25. The van der Waals surface area contributed by atoms with Crippen LogP contribution in [0.1, 0.15) is 5.56 Å². The Bertz CT molecular complexity index is 665. The fraction of sp³-hybridized carbons (Fsp3) is 0.0769. The smallest absolute Gasteiger partial charge is 0.340 e. The van der Waals surface area contributed by atoms with Gasteiger partial charge in [-0.15, -0.1) is 0 Å². The predicted molar refractivity (Wildman–Crippen MR) is 70.4 cm³/mol. The fourth-order valence-electron chi connectivity index (χ4n) is 1.49. The zero-order valence-electron chi connectivity index (χ0n) is 9.63. The van der Waals surface area contributed by atoms with Crippen LogP contribution >= 0.6 is 11.6 Å². The minimum absolute atomic E-state index is 0.0341. The van der Waals surface area contributed by atoms with Gasteiger partial charge in [0.05, 0.1) is 5.02 Å². The number of hydrogen-bond donors (Lipinski definition) is 0. The first-order chi connectivity index (χ1) is 8.49. The van der Waals surface area contributed by atoms with E-state index in [1.54, 1.807) is 30.3 Å². The summed E-state index contributed by atoms with van der Waals surface area (Å²) >= 11 is 5.85. The molecule has 5 heteroatoms. The van der Waals surface area contributed by atoms with Gasteiger partial charge in [0.2, 0.25) is 0 Å². The van der Waals surface area contributed by atoms with Gasteiger partial charge in [0.25, 0.3) is 0 Å². The van der Waals surface area contributed by atoms with Crippen molar-refractivity contribution in [2.45, 2.75) is 11.8 Å². The van der Waals surface area contributed by atoms with Gasteiger partial charge in [-0.05, 0) is 36.8 Å². The summed E-state index contributed by atoms with van der Waals surface area (Å²) in [5, 5.41) is 0.144. The quantitative estimate of drug-likeness (QED) is 0.810. The van der Waals surface area contributed by atoms with Crippen molar-refractivity contribution in [1.82, 2.24) is 0 Å². The van der Waals surface area contributed by atoms with E-state index in [1.807, 2.05) is 13.0 Å². The maximum absolute atomic E-state index is 12.0. The highest BCUT2D eigenvalue weighted by Gasteiger charge is 2.19. The summed E-state index contributed by atoms with van der Waals surface area (Å²) in [5.74, 6) is 0.273. The lowest BCUT2D eigenvalue weighted by Crippen LogP contribution is -2.10. The first-order valence-corrected chi connectivity index (χ1v) is 7.03. The van der Waals surface area contributed by atoms with Crippen molar-refractivity contribution in [2.24, 2.45) is 0 Å².